The molecule has 1 atom stereocenters. The van der Waals surface area contributed by atoms with Gasteiger partial charge in [0.1, 0.15) is 17.6 Å². The second kappa shape index (κ2) is 6.43. The van der Waals surface area contributed by atoms with Gasteiger partial charge in [0.15, 0.2) is 0 Å². The number of aromatic nitrogens is 1. The molecule has 0 saturated carbocycles. The second-order valence-electron chi connectivity index (χ2n) is 5.41. The van der Waals surface area contributed by atoms with Gasteiger partial charge >= 0.3 is 5.97 Å². The number of phenolic OH excluding ortho intramolecular Hbond substituents is 1. The molecule has 2 aromatic rings. The molecule has 0 fully saturated rings. The maximum absolute atomic E-state index is 11.9. The molecule has 0 amide bonds. The summed E-state index contributed by atoms with van der Waals surface area (Å²) >= 11 is 0. The Morgan fingerprint density at radius 1 is 1.38 bits per heavy atom. The molecule has 0 aliphatic carbocycles. The molecule has 0 aliphatic rings. The minimum atomic E-state index is -0.463. The fraction of sp³-hybridized carbons (Fsp3) is 0.375. The highest BCUT2D eigenvalue weighted by Gasteiger charge is 2.21. The predicted octanol–water partition coefficient (Wildman–Crippen LogP) is 2.94. The smallest absolute Gasteiger partial charge is 0.328 e. The molecule has 0 radical (unpaired) electrons. The predicted molar refractivity (Wildman–Crippen MR) is 82.3 cm³/mol. The summed E-state index contributed by atoms with van der Waals surface area (Å²) in [6.45, 7) is 4.08. The van der Waals surface area contributed by atoms with Crippen LogP contribution in [0.15, 0.2) is 30.5 Å². The van der Waals surface area contributed by atoms with Crippen LogP contribution < -0.4 is 5.32 Å². The normalized spacial score (nSPS) is 12.4. The van der Waals surface area contributed by atoms with E-state index in [0.717, 1.165) is 10.8 Å². The third kappa shape index (κ3) is 3.62. The Morgan fingerprint density at radius 3 is 2.81 bits per heavy atom. The number of hydrogen-bond acceptors (Lipinski definition) is 5. The number of aromatic hydroxyl groups is 1. The SMILES string of the molecule is COC(=O)C(CC(C)C)Nc1nccc2ccc(O)cc12. The van der Waals surface area contributed by atoms with Gasteiger partial charge in [0.05, 0.1) is 7.11 Å². The molecule has 5 heteroatoms. The number of nitrogens with zero attached hydrogens (tertiary/aromatic N) is 1. The topological polar surface area (TPSA) is 71.5 Å². The van der Waals surface area contributed by atoms with E-state index in [1.807, 2.05) is 26.0 Å². The van der Waals surface area contributed by atoms with Gasteiger partial charge in [-0.1, -0.05) is 19.9 Å². The number of nitrogens with one attached hydrogen (secondary N) is 1. The van der Waals surface area contributed by atoms with Crippen LogP contribution in [0.2, 0.25) is 0 Å². The average Bonchev–Trinajstić information content (AvgIpc) is 2.45. The highest BCUT2D eigenvalue weighted by atomic mass is 16.5. The first kappa shape index (κ1) is 15.1. The molecule has 0 spiro atoms. The number of carbonyl (C=O) groups is 1. The Balaban J connectivity index is 2.36. The molecule has 2 N–H and O–H groups in total. The van der Waals surface area contributed by atoms with E-state index in [-0.39, 0.29) is 11.7 Å². The van der Waals surface area contributed by atoms with Gasteiger partial charge in [-0.05, 0) is 35.9 Å². The number of rotatable bonds is 5. The van der Waals surface area contributed by atoms with Crippen molar-refractivity contribution in [3.63, 3.8) is 0 Å². The second-order valence-corrected chi connectivity index (χ2v) is 5.41. The van der Waals surface area contributed by atoms with E-state index in [1.54, 1.807) is 18.3 Å². The Labute approximate surface area is 124 Å². The standard InChI is InChI=1S/C16H20N2O3/c1-10(2)8-14(16(20)21-3)18-15-13-9-12(19)5-4-11(13)6-7-17-15/h4-7,9-10,14,19H,8H2,1-3H3,(H,17,18). The minimum absolute atomic E-state index is 0.164. The van der Waals surface area contributed by atoms with Gasteiger partial charge in [0, 0.05) is 11.6 Å². The maximum Gasteiger partial charge on any atom is 0.328 e. The summed E-state index contributed by atoms with van der Waals surface area (Å²) in [4.78, 5) is 16.2. The number of fused-ring (bicyclic) bond motifs is 1. The zero-order chi connectivity index (χ0) is 15.4. The molecule has 0 saturated heterocycles. The number of anilines is 1. The van der Waals surface area contributed by atoms with E-state index >= 15 is 0 Å². The lowest BCUT2D eigenvalue weighted by molar-refractivity contribution is -0.141. The van der Waals surface area contributed by atoms with Crippen molar-refractivity contribution in [1.82, 2.24) is 4.98 Å². The van der Waals surface area contributed by atoms with Crippen molar-refractivity contribution in [1.29, 1.82) is 0 Å². The third-order valence-electron chi connectivity index (χ3n) is 3.25. The molecule has 1 aromatic carbocycles. The van der Waals surface area contributed by atoms with Gasteiger partial charge in [0.2, 0.25) is 0 Å². The summed E-state index contributed by atoms with van der Waals surface area (Å²) in [6, 6.07) is 6.46. The van der Waals surface area contributed by atoms with E-state index in [2.05, 4.69) is 10.3 Å². The summed E-state index contributed by atoms with van der Waals surface area (Å²) < 4.78 is 4.84. The minimum Gasteiger partial charge on any atom is -0.508 e. The first-order valence-corrected chi connectivity index (χ1v) is 6.93. The van der Waals surface area contributed by atoms with Crippen molar-refractivity contribution in [2.75, 3.05) is 12.4 Å². The summed E-state index contributed by atoms with van der Waals surface area (Å²) in [7, 11) is 1.37. The molecular formula is C16H20N2O3. The van der Waals surface area contributed by atoms with Crippen LogP contribution in [0, 0.1) is 5.92 Å². The van der Waals surface area contributed by atoms with Crippen LogP contribution in [-0.4, -0.2) is 29.2 Å². The van der Waals surface area contributed by atoms with Crippen molar-refractivity contribution in [2.45, 2.75) is 26.3 Å². The van der Waals surface area contributed by atoms with Crippen LogP contribution in [0.3, 0.4) is 0 Å². The van der Waals surface area contributed by atoms with Crippen LogP contribution in [0.25, 0.3) is 10.8 Å². The number of hydrogen-bond donors (Lipinski definition) is 2. The number of ether oxygens (including phenoxy) is 1. The monoisotopic (exact) mass is 288 g/mol. The number of esters is 1. The van der Waals surface area contributed by atoms with Crippen LogP contribution in [0.1, 0.15) is 20.3 Å². The van der Waals surface area contributed by atoms with Gasteiger partial charge in [0.25, 0.3) is 0 Å². The Kier molecular flexibility index (Phi) is 4.62. The molecule has 112 valence electrons. The van der Waals surface area contributed by atoms with Crippen LogP contribution in [0.4, 0.5) is 5.82 Å². The van der Waals surface area contributed by atoms with Crippen molar-refractivity contribution in [3.8, 4) is 5.75 Å². The van der Waals surface area contributed by atoms with Crippen LogP contribution >= 0.6 is 0 Å². The molecular weight excluding hydrogens is 268 g/mol. The van der Waals surface area contributed by atoms with Crippen molar-refractivity contribution in [3.05, 3.63) is 30.5 Å². The van der Waals surface area contributed by atoms with Gasteiger partial charge in [-0.2, -0.15) is 0 Å². The summed E-state index contributed by atoms with van der Waals surface area (Å²) in [5.41, 5.74) is 0. The largest absolute Gasteiger partial charge is 0.508 e. The molecule has 21 heavy (non-hydrogen) atoms. The summed E-state index contributed by atoms with van der Waals surface area (Å²) in [5.74, 6) is 0.754. The lowest BCUT2D eigenvalue weighted by Crippen LogP contribution is -2.32. The highest BCUT2D eigenvalue weighted by Crippen LogP contribution is 2.26. The van der Waals surface area contributed by atoms with Crippen LogP contribution in [0.5, 0.6) is 5.75 Å². The van der Waals surface area contributed by atoms with Gasteiger partial charge in [-0.3, -0.25) is 0 Å². The molecule has 0 bridgehead atoms. The fourth-order valence-electron chi connectivity index (χ4n) is 2.26. The maximum atomic E-state index is 11.9. The molecule has 1 heterocycles. The van der Waals surface area contributed by atoms with E-state index in [0.29, 0.717) is 18.2 Å². The van der Waals surface area contributed by atoms with Crippen molar-refractivity contribution >= 4 is 22.6 Å². The third-order valence-corrected chi connectivity index (χ3v) is 3.25. The molecule has 2 rings (SSSR count). The van der Waals surface area contributed by atoms with E-state index in [4.69, 9.17) is 4.74 Å². The number of pyridine rings is 1. The van der Waals surface area contributed by atoms with Crippen molar-refractivity contribution in [2.24, 2.45) is 5.92 Å². The van der Waals surface area contributed by atoms with Crippen molar-refractivity contribution < 1.29 is 14.6 Å². The summed E-state index contributed by atoms with van der Waals surface area (Å²) in [5, 5.41) is 14.5. The zero-order valence-electron chi connectivity index (χ0n) is 12.5. The average molecular weight is 288 g/mol. The fourth-order valence-corrected chi connectivity index (χ4v) is 2.26. The Hall–Kier alpha value is -2.30. The number of benzene rings is 1. The quantitative estimate of drug-likeness (QED) is 0.828. The lowest BCUT2D eigenvalue weighted by atomic mass is 10.0. The van der Waals surface area contributed by atoms with Gasteiger partial charge in [-0.15, -0.1) is 0 Å². The Morgan fingerprint density at radius 2 is 2.14 bits per heavy atom. The number of phenols is 1. The van der Waals surface area contributed by atoms with E-state index in [1.165, 1.54) is 7.11 Å². The van der Waals surface area contributed by atoms with Gasteiger partial charge < -0.3 is 15.2 Å². The van der Waals surface area contributed by atoms with E-state index in [9.17, 15) is 9.90 Å². The van der Waals surface area contributed by atoms with Crippen LogP contribution in [-0.2, 0) is 9.53 Å². The molecule has 1 unspecified atom stereocenters. The molecule has 0 aliphatic heterocycles. The highest BCUT2D eigenvalue weighted by molar-refractivity contribution is 5.94. The molecule has 5 nitrogen and oxygen atoms in total. The molecule has 1 aromatic heterocycles. The summed E-state index contributed by atoms with van der Waals surface area (Å²) in [6.07, 6.45) is 2.31. The Bertz CT molecular complexity index is 640. The van der Waals surface area contributed by atoms with E-state index < -0.39 is 6.04 Å². The first-order chi connectivity index (χ1) is 10.0. The number of carbonyl (C=O) groups excluding carboxylic acids is 1. The lowest BCUT2D eigenvalue weighted by Gasteiger charge is -2.19. The number of methoxy groups -OCH3 is 1. The first-order valence-electron chi connectivity index (χ1n) is 6.93. The van der Waals surface area contributed by atoms with Gasteiger partial charge in [-0.25, -0.2) is 9.78 Å². The zero-order valence-corrected chi connectivity index (χ0v) is 12.5.